The van der Waals surface area contributed by atoms with Crippen molar-refractivity contribution in [3.63, 3.8) is 0 Å². The summed E-state index contributed by atoms with van der Waals surface area (Å²) < 4.78 is 40.0. The summed E-state index contributed by atoms with van der Waals surface area (Å²) in [5.41, 5.74) is 0.138. The number of nitrogens with one attached hydrogen (secondary N) is 2. The van der Waals surface area contributed by atoms with Gasteiger partial charge in [-0.05, 0) is 19.1 Å². The van der Waals surface area contributed by atoms with Crippen molar-refractivity contribution in [2.24, 2.45) is 0 Å². The standard InChI is InChI=1S/C11H9F3N4O2/c1-6-15-9(18-17-6)10(19)16-7-3-2-4-8(5-7)20-11(12,13)14/h2-5H,1H3,(H,16,19)(H,15,17,18). The number of carbonyl (C=O) groups excluding carboxylic acids is 1. The van der Waals surface area contributed by atoms with E-state index in [1.54, 1.807) is 6.92 Å². The maximum atomic E-state index is 12.1. The van der Waals surface area contributed by atoms with Gasteiger partial charge >= 0.3 is 6.36 Å². The molecule has 0 saturated heterocycles. The van der Waals surface area contributed by atoms with Crippen LogP contribution < -0.4 is 10.1 Å². The van der Waals surface area contributed by atoms with Gasteiger partial charge in [0.1, 0.15) is 11.6 Å². The molecule has 6 nitrogen and oxygen atoms in total. The van der Waals surface area contributed by atoms with Crippen LogP contribution in [-0.4, -0.2) is 27.5 Å². The molecule has 9 heteroatoms. The van der Waals surface area contributed by atoms with Crippen LogP contribution in [0.2, 0.25) is 0 Å². The van der Waals surface area contributed by atoms with Gasteiger partial charge in [-0.2, -0.15) is 0 Å². The summed E-state index contributed by atoms with van der Waals surface area (Å²) >= 11 is 0. The van der Waals surface area contributed by atoms with E-state index in [9.17, 15) is 18.0 Å². The van der Waals surface area contributed by atoms with E-state index in [2.05, 4.69) is 25.2 Å². The van der Waals surface area contributed by atoms with Crippen molar-refractivity contribution in [2.75, 3.05) is 5.32 Å². The number of anilines is 1. The molecule has 1 aromatic carbocycles. The van der Waals surface area contributed by atoms with E-state index < -0.39 is 18.0 Å². The van der Waals surface area contributed by atoms with E-state index in [1.807, 2.05) is 0 Å². The summed E-state index contributed by atoms with van der Waals surface area (Å²) in [6.45, 7) is 1.61. The van der Waals surface area contributed by atoms with Crippen molar-refractivity contribution in [3.8, 4) is 5.75 Å². The second-order valence-electron chi connectivity index (χ2n) is 3.77. The molecule has 0 aliphatic carbocycles. The number of alkyl halides is 3. The van der Waals surface area contributed by atoms with Gasteiger partial charge in [0.15, 0.2) is 0 Å². The van der Waals surface area contributed by atoms with E-state index in [4.69, 9.17) is 0 Å². The molecule has 1 amide bonds. The molecule has 0 radical (unpaired) electrons. The maximum Gasteiger partial charge on any atom is 0.573 e. The molecule has 0 aliphatic rings. The van der Waals surface area contributed by atoms with Crippen LogP contribution >= 0.6 is 0 Å². The van der Waals surface area contributed by atoms with Gasteiger partial charge in [-0.1, -0.05) is 6.07 Å². The Balaban J connectivity index is 2.10. The minimum atomic E-state index is -4.79. The zero-order valence-corrected chi connectivity index (χ0v) is 10.2. The normalized spacial score (nSPS) is 11.2. The Kier molecular flexibility index (Phi) is 3.59. The lowest BCUT2D eigenvalue weighted by molar-refractivity contribution is -0.274. The molecule has 0 saturated carbocycles. The minimum Gasteiger partial charge on any atom is -0.406 e. The summed E-state index contributed by atoms with van der Waals surface area (Å²) in [7, 11) is 0. The van der Waals surface area contributed by atoms with E-state index in [-0.39, 0.29) is 11.5 Å². The summed E-state index contributed by atoms with van der Waals surface area (Å²) in [5, 5.41) is 8.48. The number of carbonyl (C=O) groups is 1. The summed E-state index contributed by atoms with van der Waals surface area (Å²) in [5.74, 6) is -0.728. The first kappa shape index (κ1) is 13.8. The second kappa shape index (κ2) is 5.19. The molecule has 0 aliphatic heterocycles. The van der Waals surface area contributed by atoms with Gasteiger partial charge in [-0.25, -0.2) is 4.98 Å². The van der Waals surface area contributed by atoms with Crippen LogP contribution in [-0.2, 0) is 0 Å². The lowest BCUT2D eigenvalue weighted by Crippen LogP contribution is -2.17. The first-order valence-corrected chi connectivity index (χ1v) is 5.40. The van der Waals surface area contributed by atoms with Crippen LogP contribution in [0.5, 0.6) is 5.75 Å². The molecule has 0 atom stereocenters. The summed E-state index contributed by atoms with van der Waals surface area (Å²) in [4.78, 5) is 15.5. The molecular formula is C11H9F3N4O2. The maximum absolute atomic E-state index is 12.1. The molecule has 1 heterocycles. The minimum absolute atomic E-state index is 0.107. The molecular weight excluding hydrogens is 277 g/mol. The van der Waals surface area contributed by atoms with E-state index in [0.29, 0.717) is 5.82 Å². The average Bonchev–Trinajstić information content (AvgIpc) is 2.74. The lowest BCUT2D eigenvalue weighted by atomic mass is 10.3. The molecule has 0 unspecified atom stereocenters. The molecule has 2 aromatic rings. The Morgan fingerprint density at radius 1 is 1.40 bits per heavy atom. The van der Waals surface area contributed by atoms with Crippen LogP contribution in [0.4, 0.5) is 18.9 Å². The fourth-order valence-corrected chi connectivity index (χ4v) is 1.40. The lowest BCUT2D eigenvalue weighted by Gasteiger charge is -2.10. The second-order valence-corrected chi connectivity index (χ2v) is 3.77. The van der Waals surface area contributed by atoms with Gasteiger partial charge in [0.25, 0.3) is 5.91 Å². The molecule has 2 rings (SSSR count). The van der Waals surface area contributed by atoms with Crippen molar-refractivity contribution >= 4 is 11.6 Å². The first-order valence-electron chi connectivity index (χ1n) is 5.40. The Bertz CT molecular complexity index is 624. The number of aryl methyl sites for hydroxylation is 1. The molecule has 0 fully saturated rings. The largest absolute Gasteiger partial charge is 0.573 e. The first-order chi connectivity index (χ1) is 9.33. The molecule has 0 bridgehead atoms. The third kappa shape index (κ3) is 3.70. The number of amides is 1. The highest BCUT2D eigenvalue weighted by Gasteiger charge is 2.31. The number of nitrogens with zero attached hydrogens (tertiary/aromatic N) is 2. The quantitative estimate of drug-likeness (QED) is 0.907. The van der Waals surface area contributed by atoms with Crippen molar-refractivity contribution in [1.82, 2.24) is 15.2 Å². The third-order valence-corrected chi connectivity index (χ3v) is 2.13. The molecule has 0 spiro atoms. The van der Waals surface area contributed by atoms with Gasteiger partial charge < -0.3 is 10.1 Å². The van der Waals surface area contributed by atoms with Crippen LogP contribution in [0.1, 0.15) is 16.4 Å². The SMILES string of the molecule is Cc1nc(C(=O)Nc2cccc(OC(F)(F)F)c2)n[nH]1. The average molecular weight is 286 g/mol. The van der Waals surface area contributed by atoms with E-state index in [0.717, 1.165) is 12.1 Å². The Hall–Kier alpha value is -2.58. The monoisotopic (exact) mass is 286 g/mol. The van der Waals surface area contributed by atoms with Crippen molar-refractivity contribution < 1.29 is 22.7 Å². The highest BCUT2D eigenvalue weighted by Crippen LogP contribution is 2.25. The fourth-order valence-electron chi connectivity index (χ4n) is 1.40. The number of hydrogen-bond acceptors (Lipinski definition) is 4. The van der Waals surface area contributed by atoms with Crippen molar-refractivity contribution in [1.29, 1.82) is 0 Å². The number of hydrogen-bond donors (Lipinski definition) is 2. The Morgan fingerprint density at radius 2 is 2.15 bits per heavy atom. The van der Waals surface area contributed by atoms with Crippen LogP contribution in [0.3, 0.4) is 0 Å². The Morgan fingerprint density at radius 3 is 2.75 bits per heavy atom. The number of rotatable bonds is 3. The number of ether oxygens (including phenoxy) is 1. The third-order valence-electron chi connectivity index (χ3n) is 2.13. The molecule has 1 aromatic heterocycles. The topological polar surface area (TPSA) is 79.9 Å². The van der Waals surface area contributed by atoms with Crippen molar-refractivity contribution in [2.45, 2.75) is 13.3 Å². The summed E-state index contributed by atoms with van der Waals surface area (Å²) in [6, 6.07) is 4.91. The van der Waals surface area contributed by atoms with E-state index >= 15 is 0 Å². The van der Waals surface area contributed by atoms with Gasteiger partial charge in [-0.15, -0.1) is 18.3 Å². The van der Waals surface area contributed by atoms with Gasteiger partial charge in [0, 0.05) is 11.8 Å². The van der Waals surface area contributed by atoms with Crippen LogP contribution in [0.15, 0.2) is 24.3 Å². The highest BCUT2D eigenvalue weighted by molar-refractivity contribution is 6.01. The zero-order valence-electron chi connectivity index (χ0n) is 10.2. The van der Waals surface area contributed by atoms with Gasteiger partial charge in [-0.3, -0.25) is 9.89 Å². The molecule has 106 valence electrons. The smallest absolute Gasteiger partial charge is 0.406 e. The van der Waals surface area contributed by atoms with Gasteiger partial charge in [0.2, 0.25) is 5.82 Å². The van der Waals surface area contributed by atoms with Gasteiger partial charge in [0.05, 0.1) is 0 Å². The summed E-state index contributed by atoms with van der Waals surface area (Å²) in [6.07, 6.45) is -4.79. The van der Waals surface area contributed by atoms with E-state index in [1.165, 1.54) is 12.1 Å². The van der Waals surface area contributed by atoms with Crippen LogP contribution in [0.25, 0.3) is 0 Å². The number of aromatic amines is 1. The number of benzene rings is 1. The molecule has 2 N–H and O–H groups in total. The Labute approximate surface area is 111 Å². The predicted octanol–water partition coefficient (Wildman–Crippen LogP) is 2.26. The number of halogens is 3. The number of H-pyrrole nitrogens is 1. The molecule has 20 heavy (non-hydrogen) atoms. The zero-order chi connectivity index (χ0) is 14.8. The predicted molar refractivity (Wildman–Crippen MR) is 62.2 cm³/mol. The van der Waals surface area contributed by atoms with Crippen molar-refractivity contribution in [3.05, 3.63) is 35.9 Å². The number of aromatic nitrogens is 3. The van der Waals surface area contributed by atoms with Crippen LogP contribution in [0, 0.1) is 6.92 Å². The highest BCUT2D eigenvalue weighted by atomic mass is 19.4. The fraction of sp³-hybridized carbons (Fsp3) is 0.182.